The predicted octanol–water partition coefficient (Wildman–Crippen LogP) is 4.72. The monoisotopic (exact) mass is 362 g/mol. The van der Waals surface area contributed by atoms with Gasteiger partial charge in [0.1, 0.15) is 0 Å². The number of benzene rings is 2. The summed E-state index contributed by atoms with van der Waals surface area (Å²) in [6, 6.07) is 15.2. The topological polar surface area (TPSA) is 64.7 Å². The van der Waals surface area contributed by atoms with Crippen molar-refractivity contribution in [1.82, 2.24) is 15.0 Å². The molecule has 0 unspecified atom stereocenters. The van der Waals surface area contributed by atoms with Crippen molar-refractivity contribution in [3.8, 4) is 11.4 Å². The molecule has 0 spiro atoms. The van der Waals surface area contributed by atoms with E-state index in [0.717, 1.165) is 5.75 Å². The molecule has 0 bridgehead atoms. The Balaban J connectivity index is 1.87. The van der Waals surface area contributed by atoms with Crippen LogP contribution in [-0.2, 0) is 5.75 Å². The minimum absolute atomic E-state index is 0.163. The summed E-state index contributed by atoms with van der Waals surface area (Å²) in [6.07, 6.45) is 0. The maximum atomic E-state index is 6.21. The lowest BCUT2D eigenvalue weighted by molar-refractivity contribution is 0.924. The van der Waals surface area contributed by atoms with Crippen molar-refractivity contribution in [3.05, 3.63) is 64.1 Å². The zero-order chi connectivity index (χ0) is 16.2. The largest absolute Gasteiger partial charge is 0.368 e. The van der Waals surface area contributed by atoms with Crippen LogP contribution in [-0.4, -0.2) is 15.0 Å². The fourth-order valence-electron chi connectivity index (χ4n) is 1.95. The molecule has 0 radical (unpaired) electrons. The highest BCUT2D eigenvalue weighted by Crippen LogP contribution is 2.29. The van der Waals surface area contributed by atoms with Crippen molar-refractivity contribution in [3.63, 3.8) is 0 Å². The summed E-state index contributed by atoms with van der Waals surface area (Å²) in [5.74, 6) is 1.35. The van der Waals surface area contributed by atoms with Gasteiger partial charge in [0.2, 0.25) is 5.95 Å². The molecule has 1 aromatic heterocycles. The Kier molecular flexibility index (Phi) is 5.00. The standard InChI is InChI=1S/C16H12Cl2N4S/c17-11-6-7-12(13(18)8-11)14-20-15(19)22-16(21-14)23-9-10-4-2-1-3-5-10/h1-8H,9H2,(H2,19,20,21,22). The summed E-state index contributed by atoms with van der Waals surface area (Å²) in [5.41, 5.74) is 7.66. The van der Waals surface area contributed by atoms with Gasteiger partial charge in [-0.15, -0.1) is 0 Å². The Hall–Kier alpha value is -1.82. The molecule has 0 aliphatic carbocycles. The van der Waals surface area contributed by atoms with E-state index in [0.29, 0.717) is 26.6 Å². The fourth-order valence-corrected chi connectivity index (χ4v) is 3.24. The highest BCUT2D eigenvalue weighted by atomic mass is 35.5. The molecule has 7 heteroatoms. The lowest BCUT2D eigenvalue weighted by Gasteiger charge is -2.07. The van der Waals surface area contributed by atoms with Crippen LogP contribution in [0.4, 0.5) is 5.95 Å². The van der Waals surface area contributed by atoms with Gasteiger partial charge in [0.15, 0.2) is 11.0 Å². The van der Waals surface area contributed by atoms with Crippen molar-refractivity contribution in [2.75, 3.05) is 5.73 Å². The first-order chi connectivity index (χ1) is 11.1. The molecule has 3 aromatic rings. The van der Waals surface area contributed by atoms with Crippen molar-refractivity contribution in [1.29, 1.82) is 0 Å². The zero-order valence-electron chi connectivity index (χ0n) is 11.9. The first-order valence-electron chi connectivity index (χ1n) is 6.75. The van der Waals surface area contributed by atoms with E-state index in [4.69, 9.17) is 28.9 Å². The average Bonchev–Trinajstić information content (AvgIpc) is 2.53. The molecule has 116 valence electrons. The van der Waals surface area contributed by atoms with E-state index in [9.17, 15) is 0 Å². The second-order valence-electron chi connectivity index (χ2n) is 4.70. The number of halogens is 2. The minimum Gasteiger partial charge on any atom is -0.368 e. The van der Waals surface area contributed by atoms with E-state index in [1.807, 2.05) is 18.2 Å². The second-order valence-corrected chi connectivity index (χ2v) is 6.48. The Morgan fingerprint density at radius 1 is 0.957 bits per heavy atom. The van der Waals surface area contributed by atoms with Crippen molar-refractivity contribution >= 4 is 40.9 Å². The molecular formula is C16H12Cl2N4S. The van der Waals surface area contributed by atoms with Gasteiger partial charge in [0, 0.05) is 16.3 Å². The molecule has 0 amide bonds. The van der Waals surface area contributed by atoms with Gasteiger partial charge in [-0.1, -0.05) is 65.3 Å². The van der Waals surface area contributed by atoms with Crippen LogP contribution in [0.25, 0.3) is 11.4 Å². The number of anilines is 1. The van der Waals surface area contributed by atoms with Crippen LogP contribution in [0.3, 0.4) is 0 Å². The normalized spacial score (nSPS) is 10.7. The van der Waals surface area contributed by atoms with Crippen LogP contribution in [0.5, 0.6) is 0 Å². The molecule has 0 saturated carbocycles. The lowest BCUT2D eigenvalue weighted by atomic mass is 10.2. The third kappa shape index (κ3) is 4.13. The number of aromatic nitrogens is 3. The van der Waals surface area contributed by atoms with Gasteiger partial charge in [-0.2, -0.15) is 9.97 Å². The highest BCUT2D eigenvalue weighted by Gasteiger charge is 2.11. The molecule has 0 aliphatic heterocycles. The lowest BCUT2D eigenvalue weighted by Crippen LogP contribution is -2.02. The fraction of sp³-hybridized carbons (Fsp3) is 0.0625. The van der Waals surface area contributed by atoms with Crippen LogP contribution in [0.1, 0.15) is 5.56 Å². The van der Waals surface area contributed by atoms with Gasteiger partial charge >= 0.3 is 0 Å². The first kappa shape index (κ1) is 16.1. The van der Waals surface area contributed by atoms with E-state index < -0.39 is 0 Å². The highest BCUT2D eigenvalue weighted by molar-refractivity contribution is 7.98. The summed E-state index contributed by atoms with van der Waals surface area (Å²) in [6.45, 7) is 0. The van der Waals surface area contributed by atoms with Crippen LogP contribution in [0.2, 0.25) is 10.0 Å². The quantitative estimate of drug-likeness (QED) is 0.680. The second kappa shape index (κ2) is 7.17. The molecule has 4 nitrogen and oxygen atoms in total. The predicted molar refractivity (Wildman–Crippen MR) is 95.7 cm³/mol. The maximum Gasteiger partial charge on any atom is 0.224 e. The number of nitrogens with two attached hydrogens (primary N) is 1. The number of hydrogen-bond acceptors (Lipinski definition) is 5. The van der Waals surface area contributed by atoms with Gasteiger partial charge in [-0.05, 0) is 23.8 Å². The average molecular weight is 363 g/mol. The van der Waals surface area contributed by atoms with Gasteiger partial charge in [0.05, 0.1) is 5.02 Å². The van der Waals surface area contributed by atoms with Gasteiger partial charge in [-0.3, -0.25) is 0 Å². The Morgan fingerprint density at radius 2 is 1.74 bits per heavy atom. The summed E-state index contributed by atoms with van der Waals surface area (Å²) < 4.78 is 0. The van der Waals surface area contributed by atoms with E-state index in [1.54, 1.807) is 18.2 Å². The van der Waals surface area contributed by atoms with E-state index >= 15 is 0 Å². The van der Waals surface area contributed by atoms with Crippen LogP contribution < -0.4 is 5.73 Å². The molecule has 3 rings (SSSR count). The number of thioether (sulfide) groups is 1. The molecule has 23 heavy (non-hydrogen) atoms. The van der Waals surface area contributed by atoms with Gasteiger partial charge in [0.25, 0.3) is 0 Å². The molecule has 2 N–H and O–H groups in total. The van der Waals surface area contributed by atoms with Crippen LogP contribution in [0, 0.1) is 0 Å². The van der Waals surface area contributed by atoms with Gasteiger partial charge in [-0.25, -0.2) is 4.98 Å². The third-order valence-electron chi connectivity index (χ3n) is 3.01. The van der Waals surface area contributed by atoms with Gasteiger partial charge < -0.3 is 5.73 Å². The molecule has 0 atom stereocenters. The van der Waals surface area contributed by atoms with Crippen molar-refractivity contribution in [2.45, 2.75) is 10.9 Å². The molecule has 2 aromatic carbocycles. The zero-order valence-corrected chi connectivity index (χ0v) is 14.2. The summed E-state index contributed by atoms with van der Waals surface area (Å²) in [5, 5.41) is 1.59. The number of nitrogens with zero attached hydrogens (tertiary/aromatic N) is 3. The molecule has 0 saturated heterocycles. The first-order valence-corrected chi connectivity index (χ1v) is 8.49. The Labute approximate surface area is 148 Å². The minimum atomic E-state index is 0.163. The molecule has 1 heterocycles. The SMILES string of the molecule is Nc1nc(SCc2ccccc2)nc(-c2ccc(Cl)cc2Cl)n1. The molecule has 0 fully saturated rings. The van der Waals surface area contributed by atoms with E-state index in [2.05, 4.69) is 27.1 Å². The van der Waals surface area contributed by atoms with E-state index in [1.165, 1.54) is 17.3 Å². The summed E-state index contributed by atoms with van der Waals surface area (Å²) >= 11 is 13.6. The maximum absolute atomic E-state index is 6.21. The smallest absolute Gasteiger partial charge is 0.224 e. The number of rotatable bonds is 4. The number of hydrogen-bond donors (Lipinski definition) is 1. The Morgan fingerprint density at radius 3 is 2.48 bits per heavy atom. The summed E-state index contributed by atoms with van der Waals surface area (Å²) in [7, 11) is 0. The van der Waals surface area contributed by atoms with E-state index in [-0.39, 0.29) is 5.95 Å². The molecular weight excluding hydrogens is 351 g/mol. The number of nitrogen functional groups attached to an aromatic ring is 1. The molecule has 0 aliphatic rings. The van der Waals surface area contributed by atoms with Crippen LogP contribution in [0.15, 0.2) is 53.7 Å². The van der Waals surface area contributed by atoms with Crippen molar-refractivity contribution < 1.29 is 0 Å². The third-order valence-corrected chi connectivity index (χ3v) is 4.48. The Bertz CT molecular complexity index is 828. The summed E-state index contributed by atoms with van der Waals surface area (Å²) in [4.78, 5) is 12.8. The van der Waals surface area contributed by atoms with Crippen molar-refractivity contribution in [2.24, 2.45) is 0 Å². The van der Waals surface area contributed by atoms with Crippen LogP contribution >= 0.6 is 35.0 Å².